The number of benzene rings is 2. The number of amides is 1. The van der Waals surface area contributed by atoms with E-state index in [0.717, 1.165) is 10.6 Å². The highest BCUT2D eigenvalue weighted by Gasteiger charge is 2.16. The number of thioether (sulfide) groups is 1. The fourth-order valence-electron chi connectivity index (χ4n) is 2.34. The quantitative estimate of drug-likeness (QED) is 0.711. The Morgan fingerprint density at radius 2 is 1.60 bits per heavy atom. The van der Waals surface area contributed by atoms with E-state index in [2.05, 4.69) is 19.2 Å². The zero-order valence-corrected chi connectivity index (χ0v) is 16.1. The van der Waals surface area contributed by atoms with Gasteiger partial charge in [-0.1, -0.05) is 26.0 Å². The first-order chi connectivity index (χ1) is 11.9. The zero-order chi connectivity index (χ0) is 18.4. The Hall–Kier alpha value is -2.14. The highest BCUT2D eigenvalue weighted by atomic mass is 32.2. The minimum atomic E-state index is -0.233. The van der Waals surface area contributed by atoms with Gasteiger partial charge in [0.2, 0.25) is 5.91 Å². The van der Waals surface area contributed by atoms with Crippen molar-refractivity contribution in [3.05, 3.63) is 48.0 Å². The Morgan fingerprint density at radius 1 is 0.960 bits per heavy atom. The van der Waals surface area contributed by atoms with Crippen LogP contribution in [0.15, 0.2) is 47.4 Å². The standard InChI is InChI=1S/C20H25NO3S/c1-13(2)15-6-8-16(9-7-15)21-20(22)14(3)25-17-10-11-18(23-4)19(12-17)24-5/h6-14H,1-5H3,(H,21,22)/t14-/m1/s1. The summed E-state index contributed by atoms with van der Waals surface area (Å²) in [6.45, 7) is 6.18. The van der Waals surface area contributed by atoms with Crippen molar-refractivity contribution in [2.24, 2.45) is 0 Å². The first-order valence-electron chi connectivity index (χ1n) is 8.24. The van der Waals surface area contributed by atoms with Gasteiger partial charge in [-0.2, -0.15) is 0 Å². The highest BCUT2D eigenvalue weighted by Crippen LogP contribution is 2.33. The van der Waals surface area contributed by atoms with E-state index < -0.39 is 0 Å². The smallest absolute Gasteiger partial charge is 0.237 e. The lowest BCUT2D eigenvalue weighted by Gasteiger charge is -2.14. The summed E-state index contributed by atoms with van der Waals surface area (Å²) < 4.78 is 10.5. The van der Waals surface area contributed by atoms with Crippen LogP contribution in [0.25, 0.3) is 0 Å². The van der Waals surface area contributed by atoms with Crippen LogP contribution < -0.4 is 14.8 Å². The van der Waals surface area contributed by atoms with Gasteiger partial charge < -0.3 is 14.8 Å². The molecule has 25 heavy (non-hydrogen) atoms. The van der Waals surface area contributed by atoms with Crippen LogP contribution >= 0.6 is 11.8 Å². The predicted octanol–water partition coefficient (Wildman–Crippen LogP) is 4.95. The molecule has 0 aliphatic carbocycles. The SMILES string of the molecule is COc1ccc(S[C@H](C)C(=O)Nc2ccc(C(C)C)cc2)cc1OC. The van der Waals surface area contributed by atoms with E-state index >= 15 is 0 Å². The molecule has 4 nitrogen and oxygen atoms in total. The third kappa shape index (κ3) is 5.16. The molecule has 0 aliphatic heterocycles. The largest absolute Gasteiger partial charge is 0.493 e. The average Bonchev–Trinajstić information content (AvgIpc) is 2.61. The van der Waals surface area contributed by atoms with Crippen LogP contribution in [0.5, 0.6) is 11.5 Å². The molecule has 0 saturated carbocycles. The van der Waals surface area contributed by atoms with E-state index in [4.69, 9.17) is 9.47 Å². The average molecular weight is 359 g/mol. The Bertz CT molecular complexity index is 713. The lowest BCUT2D eigenvalue weighted by Crippen LogP contribution is -2.22. The molecule has 0 radical (unpaired) electrons. The topological polar surface area (TPSA) is 47.6 Å². The van der Waals surface area contributed by atoms with E-state index in [1.165, 1.54) is 17.3 Å². The Kier molecular flexibility index (Phi) is 6.76. The molecule has 1 atom stereocenters. The molecule has 2 aromatic carbocycles. The molecular formula is C20H25NO3S. The number of carbonyl (C=O) groups is 1. The third-order valence-corrected chi connectivity index (χ3v) is 4.98. The van der Waals surface area contributed by atoms with Gasteiger partial charge in [-0.3, -0.25) is 4.79 Å². The monoisotopic (exact) mass is 359 g/mol. The number of hydrogen-bond donors (Lipinski definition) is 1. The molecule has 0 bridgehead atoms. The van der Waals surface area contributed by atoms with Crippen LogP contribution in [-0.2, 0) is 4.79 Å². The molecule has 0 spiro atoms. The summed E-state index contributed by atoms with van der Waals surface area (Å²) in [5.74, 6) is 1.78. The number of ether oxygens (including phenoxy) is 2. The summed E-state index contributed by atoms with van der Waals surface area (Å²) in [5, 5.41) is 2.73. The van der Waals surface area contributed by atoms with Gasteiger partial charge in [0.25, 0.3) is 0 Å². The minimum Gasteiger partial charge on any atom is -0.493 e. The highest BCUT2D eigenvalue weighted by molar-refractivity contribution is 8.00. The lowest BCUT2D eigenvalue weighted by atomic mass is 10.0. The summed E-state index contributed by atoms with van der Waals surface area (Å²) in [6.07, 6.45) is 0. The van der Waals surface area contributed by atoms with E-state index in [1.54, 1.807) is 14.2 Å². The van der Waals surface area contributed by atoms with Gasteiger partial charge in [0.05, 0.1) is 19.5 Å². The molecule has 0 saturated heterocycles. The van der Waals surface area contributed by atoms with Crippen LogP contribution in [-0.4, -0.2) is 25.4 Å². The van der Waals surface area contributed by atoms with Crippen LogP contribution in [0.1, 0.15) is 32.3 Å². The molecule has 2 rings (SSSR count). The predicted molar refractivity (Wildman–Crippen MR) is 104 cm³/mol. The molecule has 2 aromatic rings. The Morgan fingerprint density at radius 3 is 2.16 bits per heavy atom. The maximum absolute atomic E-state index is 12.4. The number of anilines is 1. The van der Waals surface area contributed by atoms with Crippen molar-refractivity contribution in [2.45, 2.75) is 36.8 Å². The van der Waals surface area contributed by atoms with E-state index in [0.29, 0.717) is 17.4 Å². The lowest BCUT2D eigenvalue weighted by molar-refractivity contribution is -0.115. The first-order valence-corrected chi connectivity index (χ1v) is 9.12. The Labute approximate surface area is 153 Å². The van der Waals surface area contributed by atoms with E-state index in [-0.39, 0.29) is 11.2 Å². The molecule has 1 amide bonds. The van der Waals surface area contributed by atoms with Crippen molar-refractivity contribution in [3.63, 3.8) is 0 Å². The van der Waals surface area contributed by atoms with Gasteiger partial charge in [-0.05, 0) is 48.7 Å². The second kappa shape index (κ2) is 8.81. The van der Waals surface area contributed by atoms with Crippen LogP contribution in [0.4, 0.5) is 5.69 Å². The van der Waals surface area contributed by atoms with Gasteiger partial charge in [-0.25, -0.2) is 0 Å². The molecule has 1 N–H and O–H groups in total. The number of carbonyl (C=O) groups excluding carboxylic acids is 1. The molecule has 0 fully saturated rings. The Balaban J connectivity index is 2.00. The van der Waals surface area contributed by atoms with Gasteiger partial charge in [0.15, 0.2) is 11.5 Å². The van der Waals surface area contributed by atoms with Crippen LogP contribution in [0.3, 0.4) is 0 Å². The number of methoxy groups -OCH3 is 2. The van der Waals surface area contributed by atoms with Crippen molar-refractivity contribution in [2.75, 3.05) is 19.5 Å². The van der Waals surface area contributed by atoms with Crippen molar-refractivity contribution in [3.8, 4) is 11.5 Å². The normalized spacial score (nSPS) is 11.9. The number of rotatable bonds is 7. The fourth-order valence-corrected chi connectivity index (χ4v) is 3.24. The minimum absolute atomic E-state index is 0.0305. The number of hydrogen-bond acceptors (Lipinski definition) is 4. The zero-order valence-electron chi connectivity index (χ0n) is 15.3. The van der Waals surface area contributed by atoms with Crippen molar-refractivity contribution < 1.29 is 14.3 Å². The van der Waals surface area contributed by atoms with Crippen molar-refractivity contribution >= 4 is 23.4 Å². The van der Waals surface area contributed by atoms with Gasteiger partial charge in [0.1, 0.15) is 0 Å². The molecule has 0 heterocycles. The van der Waals surface area contributed by atoms with Gasteiger partial charge >= 0.3 is 0 Å². The third-order valence-electron chi connectivity index (χ3n) is 3.88. The van der Waals surface area contributed by atoms with Gasteiger partial charge in [-0.15, -0.1) is 11.8 Å². The van der Waals surface area contributed by atoms with E-state index in [9.17, 15) is 4.79 Å². The first kappa shape index (κ1) is 19.2. The molecule has 0 aliphatic rings. The summed E-state index contributed by atoms with van der Waals surface area (Å²) in [6, 6.07) is 13.6. The fraction of sp³-hybridized carbons (Fsp3) is 0.350. The van der Waals surface area contributed by atoms with Crippen LogP contribution in [0.2, 0.25) is 0 Å². The maximum Gasteiger partial charge on any atom is 0.237 e. The molecule has 0 aromatic heterocycles. The summed E-state index contributed by atoms with van der Waals surface area (Å²) in [7, 11) is 3.20. The number of nitrogens with one attached hydrogen (secondary N) is 1. The van der Waals surface area contributed by atoms with Crippen LogP contribution in [0, 0.1) is 0 Å². The van der Waals surface area contributed by atoms with Crippen molar-refractivity contribution in [1.29, 1.82) is 0 Å². The van der Waals surface area contributed by atoms with Gasteiger partial charge in [0, 0.05) is 10.6 Å². The molecular weight excluding hydrogens is 334 g/mol. The second-order valence-corrected chi connectivity index (χ2v) is 7.46. The summed E-state index contributed by atoms with van der Waals surface area (Å²) in [5.41, 5.74) is 2.07. The second-order valence-electron chi connectivity index (χ2n) is 6.04. The maximum atomic E-state index is 12.4. The molecule has 5 heteroatoms. The molecule has 0 unspecified atom stereocenters. The van der Waals surface area contributed by atoms with E-state index in [1.807, 2.05) is 49.4 Å². The summed E-state index contributed by atoms with van der Waals surface area (Å²) in [4.78, 5) is 13.4. The van der Waals surface area contributed by atoms with Crippen molar-refractivity contribution in [1.82, 2.24) is 0 Å². The summed E-state index contributed by atoms with van der Waals surface area (Å²) >= 11 is 1.48. The molecule has 134 valence electrons.